The van der Waals surface area contributed by atoms with Gasteiger partial charge in [0.1, 0.15) is 79.3 Å². The van der Waals surface area contributed by atoms with Crippen LogP contribution in [0.25, 0.3) is 44.2 Å². The monoisotopic (exact) mass is 1700 g/mol. The normalized spacial score (nSPS) is 19.1. The number of aromatic nitrogens is 9. The van der Waals surface area contributed by atoms with E-state index in [-0.39, 0.29) is 36.1 Å². The summed E-state index contributed by atoms with van der Waals surface area (Å²) in [5.74, 6) is 3.40. The first-order valence-electron chi connectivity index (χ1n) is 35.4. The molecule has 4 aliphatic rings. The highest BCUT2D eigenvalue weighted by molar-refractivity contribution is 14.1. The molecule has 0 radical (unpaired) electrons. The lowest BCUT2D eigenvalue weighted by Gasteiger charge is -2.36. The van der Waals surface area contributed by atoms with E-state index in [1.165, 1.54) is 54.7 Å². The molecule has 1 aliphatic heterocycles. The van der Waals surface area contributed by atoms with Crippen LogP contribution in [0.4, 0.5) is 17.5 Å². The first kappa shape index (κ1) is 80.8. The highest BCUT2D eigenvalue weighted by Crippen LogP contribution is 2.45. The number of aldehydes is 1. The average Bonchev–Trinajstić information content (AvgIpc) is 1.62. The van der Waals surface area contributed by atoms with E-state index in [1.807, 2.05) is 119 Å². The zero-order valence-electron chi connectivity index (χ0n) is 60.2. The fraction of sp³-hybridized carbons (Fsp3) is 0.380. The van der Waals surface area contributed by atoms with E-state index < -0.39 is 26.8 Å². The first-order valence-corrected chi connectivity index (χ1v) is 41.7. The van der Waals surface area contributed by atoms with E-state index >= 15 is 0 Å². The van der Waals surface area contributed by atoms with Crippen molar-refractivity contribution < 1.29 is 30.9 Å². The van der Waals surface area contributed by atoms with Gasteiger partial charge in [0.05, 0.1) is 38.9 Å². The smallest absolute Gasteiger partial charge is 0.399 e. The zero-order valence-corrected chi connectivity index (χ0v) is 66.2. The minimum atomic E-state index is -3.02. The summed E-state index contributed by atoms with van der Waals surface area (Å²) in [7, 11) is -6.38. The molecular weight excluding hydrogens is 1600 g/mol. The lowest BCUT2D eigenvalue weighted by atomic mass is 9.78. The van der Waals surface area contributed by atoms with Gasteiger partial charge in [-0.2, -0.15) is 0 Å². The van der Waals surface area contributed by atoms with Gasteiger partial charge in [-0.15, -0.1) is 0 Å². The molecule has 7 heterocycles. The van der Waals surface area contributed by atoms with Crippen molar-refractivity contribution in [3.8, 4) is 11.1 Å². The number of carbonyl (C=O) groups excluding carboxylic acids is 1. The van der Waals surface area contributed by atoms with Crippen LogP contribution in [0.1, 0.15) is 120 Å². The molecule has 0 amide bonds. The van der Waals surface area contributed by atoms with Crippen molar-refractivity contribution in [2.75, 3.05) is 54.3 Å². The van der Waals surface area contributed by atoms with Gasteiger partial charge in [0.15, 0.2) is 0 Å². The Morgan fingerprint density at radius 3 is 1.33 bits per heavy atom. The summed E-state index contributed by atoms with van der Waals surface area (Å²) in [6.07, 6.45) is 21.8. The van der Waals surface area contributed by atoms with Gasteiger partial charge in [0.2, 0.25) is 0 Å². The van der Waals surface area contributed by atoms with Crippen molar-refractivity contribution in [1.82, 2.24) is 54.2 Å². The molecule has 11 aromatic rings. The van der Waals surface area contributed by atoms with Gasteiger partial charge in [-0.1, -0.05) is 147 Å². The molecule has 0 atom stereocenters. The summed E-state index contributed by atoms with van der Waals surface area (Å²) in [4.78, 5) is 36.3. The number of nitrogen functional groups attached to an aromatic ring is 3. The van der Waals surface area contributed by atoms with Crippen LogP contribution in [0.15, 0.2) is 177 Å². The first-order chi connectivity index (χ1) is 50.2. The van der Waals surface area contributed by atoms with Gasteiger partial charge >= 0.3 is 7.12 Å². The van der Waals surface area contributed by atoms with Crippen molar-refractivity contribution in [1.29, 1.82) is 0 Å². The van der Waals surface area contributed by atoms with Crippen molar-refractivity contribution in [3.05, 3.63) is 212 Å². The number of fused-ring (bicyclic) bond motifs is 3. The van der Waals surface area contributed by atoms with Gasteiger partial charge < -0.3 is 61.4 Å². The van der Waals surface area contributed by atoms with Crippen LogP contribution in [0.2, 0.25) is 0 Å². The van der Waals surface area contributed by atoms with Gasteiger partial charge in [-0.3, -0.25) is 0 Å². The number of anilines is 3. The third kappa shape index (κ3) is 20.7. The number of nitrogens with zero attached hydrogens (tertiary/aromatic N) is 9. The summed E-state index contributed by atoms with van der Waals surface area (Å²) < 4.78 is 66.6. The number of nitrogens with two attached hydrogens (primary N) is 4. The summed E-state index contributed by atoms with van der Waals surface area (Å²) in [6, 6.07) is 48.0. The largest absolute Gasteiger partial charge is 0.494 e. The SMILES string of the molecule is C.CC1(C)OB(c2cccc(CCS(C)(=O)=O)c2)OC1(C)C.CS(=O)(=O)CCc1cccc(-c2cn(C3CC(CNCc4ccccc4)C3)c3ncnc(N)c23)c1.NCc1ccccc1.Nc1ncnc2c1c(I)cn2C1CC(C=O)C1.Nc1ncnc2c1c(I)cn2C1CC(CNCc2ccccc2)C1. The second-order valence-electron chi connectivity index (χ2n) is 28.8. The van der Waals surface area contributed by atoms with Crippen molar-refractivity contribution >= 4 is 134 Å². The number of rotatable bonds is 21. The number of nitrogens with one attached hydrogen (secondary N) is 2. The average molecular weight is 1700 g/mol. The van der Waals surface area contributed by atoms with Crippen LogP contribution in [-0.4, -0.2) is 122 Å². The third-order valence-electron chi connectivity index (χ3n) is 20.3. The van der Waals surface area contributed by atoms with Crippen LogP contribution < -0.4 is 39.0 Å². The summed E-state index contributed by atoms with van der Waals surface area (Å²) in [6.45, 7) is 12.6. The molecule has 0 unspecified atom stereocenters. The van der Waals surface area contributed by atoms with Crippen molar-refractivity contribution in [3.63, 3.8) is 0 Å². The molecule has 106 heavy (non-hydrogen) atoms. The Bertz CT molecular complexity index is 4960. The molecule has 5 aromatic carbocycles. The summed E-state index contributed by atoms with van der Waals surface area (Å²) in [5.41, 5.74) is 34.2. The Hall–Kier alpha value is -7.75. The third-order valence-corrected chi connectivity index (χ3v) is 23.8. The molecule has 22 nitrogen and oxygen atoms in total. The van der Waals surface area contributed by atoms with Crippen molar-refractivity contribution in [2.24, 2.45) is 23.5 Å². The molecule has 3 aliphatic carbocycles. The van der Waals surface area contributed by atoms with Crippen LogP contribution in [0.5, 0.6) is 0 Å². The number of hydrogen-bond acceptors (Lipinski definition) is 19. The quantitative estimate of drug-likeness (QED) is 0.0221. The molecule has 0 spiro atoms. The maximum Gasteiger partial charge on any atom is 0.494 e. The Morgan fingerprint density at radius 2 is 0.906 bits per heavy atom. The molecule has 3 saturated carbocycles. The lowest BCUT2D eigenvalue weighted by Crippen LogP contribution is -2.41. The molecule has 10 N–H and O–H groups in total. The summed E-state index contributed by atoms with van der Waals surface area (Å²) >= 11 is 4.56. The number of aryl methyl sites for hydroxylation is 2. The molecule has 15 rings (SSSR count). The highest BCUT2D eigenvalue weighted by Gasteiger charge is 2.52. The minimum Gasteiger partial charge on any atom is -0.399 e. The minimum absolute atomic E-state index is 0. The maximum atomic E-state index is 11.6. The Balaban J connectivity index is 0.000000150. The van der Waals surface area contributed by atoms with Crippen molar-refractivity contribution in [2.45, 2.75) is 135 Å². The molecule has 27 heteroatoms. The highest BCUT2D eigenvalue weighted by atomic mass is 127. The van der Waals surface area contributed by atoms with Gasteiger partial charge in [0, 0.05) is 87.5 Å². The second kappa shape index (κ2) is 36.0. The number of halogens is 2. The van der Waals surface area contributed by atoms with Crippen LogP contribution >= 0.6 is 45.2 Å². The van der Waals surface area contributed by atoms with Crippen LogP contribution in [0.3, 0.4) is 0 Å². The number of carbonyl (C=O) groups is 1. The number of hydrogen-bond donors (Lipinski definition) is 6. The summed E-state index contributed by atoms with van der Waals surface area (Å²) in [5, 5.41) is 9.92. The molecule has 0 bridgehead atoms. The van der Waals surface area contributed by atoms with E-state index in [2.05, 4.69) is 166 Å². The lowest BCUT2D eigenvalue weighted by molar-refractivity contribution is -0.114. The van der Waals surface area contributed by atoms with Gasteiger partial charge in [-0.05, 0) is 188 Å². The zero-order chi connectivity index (χ0) is 74.6. The Morgan fingerprint density at radius 1 is 0.519 bits per heavy atom. The van der Waals surface area contributed by atoms with Crippen LogP contribution in [0, 0.1) is 24.9 Å². The van der Waals surface area contributed by atoms with E-state index in [1.54, 1.807) is 6.33 Å². The maximum absolute atomic E-state index is 11.6. The van der Waals surface area contributed by atoms with E-state index in [4.69, 9.17) is 32.2 Å². The topological polar surface area (TPSA) is 324 Å². The predicted molar refractivity (Wildman–Crippen MR) is 444 cm³/mol. The fourth-order valence-electron chi connectivity index (χ4n) is 13.5. The standard InChI is InChI=1S/C27H31N5O2S.C18H20IN5.C15H23BO4S.C11H11IN4O.C7H9N.CH4/c1-35(33,34)11-10-19-8-5-9-22(12-19)24-17-32(27-25(24)26(28)30-18-31-27)23-13-21(14-23)16-29-15-20-6-3-2-4-7-20;19-15-10-24(18-16(15)17(20)22-11-23-18)14-6-13(7-14)9-21-8-12-4-2-1-3-5-12;1-14(2)15(3,4)20-16(19-14)13-8-6-7-12(11-13)9-10-21(5,17)18;12-8-3-16(7-1-6(2-7)4-17)11-9(8)10(13)14-5-15-11;8-6-7-4-2-1-3-5-7;/h2-9,12,17-18,21,23,29H,10-11,13-16H2,1H3,(H2,28,30,31);1-5,10-11,13-14,21H,6-9H2,(H2,20,22,23);6-8,11H,9-10H2,1-5H3;3-7H,1-2H2,(H2,13,14,15);1-5H,6,8H2;1H4. The molecule has 6 aromatic heterocycles. The fourth-order valence-corrected chi connectivity index (χ4v) is 16.3. The number of sulfone groups is 2. The van der Waals surface area contributed by atoms with Gasteiger partial charge in [-0.25, -0.2) is 46.7 Å². The number of benzene rings is 5. The Labute approximate surface area is 650 Å². The van der Waals surface area contributed by atoms with E-state index in [0.717, 1.165) is 132 Å². The second-order valence-corrected chi connectivity index (χ2v) is 35.7. The molecule has 4 fully saturated rings. The molecular formula is C79H98BI2N15O7S2. The Kier molecular flexibility index (Phi) is 27.4. The van der Waals surface area contributed by atoms with Gasteiger partial charge in [0.25, 0.3) is 0 Å². The van der Waals surface area contributed by atoms with E-state index in [9.17, 15) is 21.6 Å². The van der Waals surface area contributed by atoms with E-state index in [0.29, 0.717) is 60.9 Å². The predicted octanol–water partition coefficient (Wildman–Crippen LogP) is 12.5. The molecule has 560 valence electrons. The van der Waals surface area contributed by atoms with Crippen LogP contribution in [-0.2, 0) is 66.3 Å². The molecule has 1 saturated heterocycles.